The lowest BCUT2D eigenvalue weighted by atomic mass is 9.77. The van der Waals surface area contributed by atoms with Gasteiger partial charge in [-0.3, -0.25) is 19.7 Å². The maximum Gasteiger partial charge on any atom is 0.261 e. The lowest BCUT2D eigenvalue weighted by Crippen LogP contribution is -2.49. The fraction of sp³-hybridized carbons (Fsp3) is 0.333. The van der Waals surface area contributed by atoms with Crippen molar-refractivity contribution >= 4 is 11.9 Å². The van der Waals surface area contributed by atoms with Crippen LogP contribution in [0.2, 0.25) is 0 Å². The quantitative estimate of drug-likeness (QED) is 0.854. The van der Waals surface area contributed by atoms with Gasteiger partial charge in [0.2, 0.25) is 0 Å². The second-order valence-corrected chi connectivity index (χ2v) is 7.03. The highest BCUT2D eigenvalue weighted by Gasteiger charge is 2.55. The summed E-state index contributed by atoms with van der Waals surface area (Å²) in [5.41, 5.74) is 6.65. The van der Waals surface area contributed by atoms with Crippen LogP contribution in [0.5, 0.6) is 5.75 Å². The van der Waals surface area contributed by atoms with Gasteiger partial charge in [-0.2, -0.15) is 0 Å². The minimum absolute atomic E-state index is 0.140. The summed E-state index contributed by atoms with van der Waals surface area (Å²) in [4.78, 5) is 27.4. The van der Waals surface area contributed by atoms with Gasteiger partial charge >= 0.3 is 0 Å². The molecule has 2 N–H and O–H groups in total. The van der Waals surface area contributed by atoms with Crippen molar-refractivity contribution in [3.8, 4) is 17.0 Å². The Morgan fingerprint density at radius 2 is 2.08 bits per heavy atom. The molecule has 25 heavy (non-hydrogen) atoms. The van der Waals surface area contributed by atoms with Crippen molar-refractivity contribution < 1.29 is 9.53 Å². The van der Waals surface area contributed by atoms with E-state index in [9.17, 15) is 4.79 Å². The molecule has 0 radical (unpaired) electrons. The Balaban J connectivity index is 1.93. The molecule has 7 heteroatoms. The van der Waals surface area contributed by atoms with E-state index in [1.165, 1.54) is 4.90 Å². The third-order valence-corrected chi connectivity index (χ3v) is 4.66. The van der Waals surface area contributed by atoms with Gasteiger partial charge in [0.05, 0.1) is 11.9 Å². The van der Waals surface area contributed by atoms with Gasteiger partial charge in [0.15, 0.2) is 11.5 Å². The number of guanidine groups is 1. The van der Waals surface area contributed by atoms with E-state index in [4.69, 9.17) is 10.5 Å². The van der Waals surface area contributed by atoms with Gasteiger partial charge in [0, 0.05) is 37.0 Å². The number of nitrogens with zero attached hydrogens (tertiary/aromatic N) is 4. The first-order valence-corrected chi connectivity index (χ1v) is 8.06. The lowest BCUT2D eigenvalue weighted by molar-refractivity contribution is -0.133. The number of hydrogen-bond donors (Lipinski definition) is 1. The van der Waals surface area contributed by atoms with Gasteiger partial charge in [0.1, 0.15) is 11.4 Å². The Kier molecular flexibility index (Phi) is 3.12. The molecule has 2 aromatic rings. The number of carbonyl (C=O) groups is 1. The molecule has 3 heterocycles. The van der Waals surface area contributed by atoms with E-state index in [1.54, 1.807) is 25.6 Å². The number of likely N-dealkylation sites (N-methyl/N-ethyl adjacent to an activating group) is 1. The van der Waals surface area contributed by atoms with Crippen LogP contribution >= 0.6 is 0 Å². The number of fused-ring (bicyclic) bond motifs is 2. The first-order chi connectivity index (χ1) is 11.8. The van der Waals surface area contributed by atoms with Crippen LogP contribution in [0.15, 0.2) is 41.8 Å². The van der Waals surface area contributed by atoms with Crippen LogP contribution in [0.3, 0.4) is 0 Å². The minimum Gasteiger partial charge on any atom is -0.487 e. The van der Waals surface area contributed by atoms with Crippen LogP contribution in [0.4, 0.5) is 0 Å². The number of carbonyl (C=O) groups excluding carboxylic acids is 1. The number of rotatable bonds is 1. The van der Waals surface area contributed by atoms with Crippen LogP contribution in [-0.2, 0) is 10.3 Å². The highest BCUT2D eigenvalue weighted by atomic mass is 16.5. The normalized spacial score (nSPS) is 24.0. The summed E-state index contributed by atoms with van der Waals surface area (Å²) in [5, 5.41) is 0. The Morgan fingerprint density at radius 1 is 1.28 bits per heavy atom. The average molecular weight is 337 g/mol. The van der Waals surface area contributed by atoms with E-state index in [1.807, 2.05) is 32.0 Å². The first kappa shape index (κ1) is 15.6. The summed E-state index contributed by atoms with van der Waals surface area (Å²) >= 11 is 0. The Labute approximate surface area is 145 Å². The van der Waals surface area contributed by atoms with Crippen molar-refractivity contribution in [1.29, 1.82) is 0 Å². The van der Waals surface area contributed by atoms with E-state index in [0.717, 1.165) is 11.3 Å². The number of amides is 1. The van der Waals surface area contributed by atoms with E-state index in [2.05, 4.69) is 15.0 Å². The van der Waals surface area contributed by atoms with Gasteiger partial charge in [-0.15, -0.1) is 0 Å². The molecular formula is C18H19N5O2. The number of aliphatic imine (C=N–C) groups is 1. The fourth-order valence-corrected chi connectivity index (χ4v) is 3.59. The van der Waals surface area contributed by atoms with Crippen molar-refractivity contribution in [2.45, 2.75) is 31.4 Å². The second kappa shape index (κ2) is 5.02. The molecule has 1 amide bonds. The number of aromatic nitrogens is 2. The topological polar surface area (TPSA) is 93.7 Å². The zero-order valence-corrected chi connectivity index (χ0v) is 14.4. The zero-order valence-electron chi connectivity index (χ0n) is 14.4. The zero-order chi connectivity index (χ0) is 17.8. The molecule has 0 bridgehead atoms. The van der Waals surface area contributed by atoms with Gasteiger partial charge in [-0.25, -0.2) is 4.99 Å². The summed E-state index contributed by atoms with van der Waals surface area (Å²) in [6.45, 7) is 3.90. The number of benzene rings is 1. The van der Waals surface area contributed by atoms with Crippen LogP contribution in [-0.4, -0.2) is 39.4 Å². The monoisotopic (exact) mass is 337 g/mol. The molecule has 1 unspecified atom stereocenters. The molecule has 1 atom stereocenters. The summed E-state index contributed by atoms with van der Waals surface area (Å²) in [5.74, 6) is 0.724. The maximum absolute atomic E-state index is 13.0. The number of nitrogens with two attached hydrogens (primary N) is 1. The predicted molar refractivity (Wildman–Crippen MR) is 92.9 cm³/mol. The van der Waals surface area contributed by atoms with Crippen LogP contribution in [0.1, 0.15) is 25.8 Å². The van der Waals surface area contributed by atoms with Crippen LogP contribution in [0, 0.1) is 0 Å². The molecule has 2 aliphatic heterocycles. The number of ether oxygens (including phenoxy) is 1. The van der Waals surface area contributed by atoms with Crippen molar-refractivity contribution in [1.82, 2.24) is 14.9 Å². The smallest absolute Gasteiger partial charge is 0.261 e. The van der Waals surface area contributed by atoms with Gasteiger partial charge in [-0.1, -0.05) is 0 Å². The van der Waals surface area contributed by atoms with Gasteiger partial charge in [-0.05, 0) is 32.0 Å². The minimum atomic E-state index is -1.06. The molecule has 0 saturated heterocycles. The molecule has 0 fully saturated rings. The van der Waals surface area contributed by atoms with E-state index < -0.39 is 11.1 Å². The molecule has 1 spiro atoms. The first-order valence-electron chi connectivity index (χ1n) is 8.06. The SMILES string of the molecule is CN1C(=O)C2(CC(C)(C)Oc3ccc(-c4cnccn4)cc32)N=C1N. The Morgan fingerprint density at radius 3 is 2.72 bits per heavy atom. The highest BCUT2D eigenvalue weighted by molar-refractivity contribution is 6.07. The standard InChI is InChI=1S/C18H19N5O2/c1-17(2)10-18(15(24)23(3)16(19)22-18)12-8-11(4-5-14(12)25-17)13-9-20-6-7-21-13/h4-9H,10H2,1-3H3,(H2,19,22). The summed E-state index contributed by atoms with van der Waals surface area (Å²) in [6, 6.07) is 5.68. The largest absolute Gasteiger partial charge is 0.487 e. The van der Waals surface area contributed by atoms with Crippen molar-refractivity contribution in [2.24, 2.45) is 10.7 Å². The van der Waals surface area contributed by atoms with Gasteiger partial charge in [0.25, 0.3) is 5.91 Å². The predicted octanol–water partition coefficient (Wildman–Crippen LogP) is 1.69. The molecule has 7 nitrogen and oxygen atoms in total. The Bertz CT molecular complexity index is 894. The third kappa shape index (κ3) is 2.26. The van der Waals surface area contributed by atoms with E-state index in [-0.39, 0.29) is 11.9 Å². The molecule has 4 rings (SSSR count). The van der Waals surface area contributed by atoms with Gasteiger partial charge < -0.3 is 10.5 Å². The molecule has 0 saturated carbocycles. The highest BCUT2D eigenvalue weighted by Crippen LogP contribution is 2.49. The van der Waals surface area contributed by atoms with Crippen LogP contribution in [0.25, 0.3) is 11.3 Å². The molecule has 1 aromatic heterocycles. The molecule has 2 aliphatic rings. The number of hydrogen-bond acceptors (Lipinski definition) is 6. The van der Waals surface area contributed by atoms with Crippen LogP contribution < -0.4 is 10.5 Å². The molecule has 0 aliphatic carbocycles. The third-order valence-electron chi connectivity index (χ3n) is 4.66. The summed E-state index contributed by atoms with van der Waals surface area (Å²) < 4.78 is 6.10. The molecule has 128 valence electrons. The Hall–Kier alpha value is -2.96. The molecule has 1 aromatic carbocycles. The second-order valence-electron chi connectivity index (χ2n) is 7.03. The average Bonchev–Trinajstić information content (AvgIpc) is 2.79. The van der Waals surface area contributed by atoms with Crippen molar-refractivity contribution in [3.63, 3.8) is 0 Å². The molecular weight excluding hydrogens is 318 g/mol. The van der Waals surface area contributed by atoms with E-state index in [0.29, 0.717) is 17.7 Å². The maximum atomic E-state index is 13.0. The van der Waals surface area contributed by atoms with Crippen molar-refractivity contribution in [3.05, 3.63) is 42.4 Å². The van der Waals surface area contributed by atoms with E-state index >= 15 is 0 Å². The van der Waals surface area contributed by atoms with Crippen molar-refractivity contribution in [2.75, 3.05) is 7.05 Å². The summed E-state index contributed by atoms with van der Waals surface area (Å²) in [6.07, 6.45) is 5.35. The fourth-order valence-electron chi connectivity index (χ4n) is 3.59. The lowest BCUT2D eigenvalue weighted by Gasteiger charge is -2.41. The summed E-state index contributed by atoms with van der Waals surface area (Å²) in [7, 11) is 1.64.